The first kappa shape index (κ1) is 14.4. The molecule has 1 aromatic rings. The van der Waals surface area contributed by atoms with Crippen LogP contribution in [0.3, 0.4) is 0 Å². The first-order valence-corrected chi connectivity index (χ1v) is 6.41. The summed E-state index contributed by atoms with van der Waals surface area (Å²) >= 11 is 5.73. The smallest absolute Gasteiger partial charge is 0.129 e. The van der Waals surface area contributed by atoms with E-state index in [0.717, 1.165) is 19.3 Å². The fourth-order valence-corrected chi connectivity index (χ4v) is 2.18. The molecule has 1 rings (SSSR count). The van der Waals surface area contributed by atoms with Gasteiger partial charge >= 0.3 is 0 Å². The van der Waals surface area contributed by atoms with Crippen molar-refractivity contribution < 1.29 is 4.39 Å². The zero-order valence-corrected chi connectivity index (χ0v) is 11.1. The third-order valence-electron chi connectivity index (χ3n) is 3.26. The molecule has 0 aromatic heterocycles. The van der Waals surface area contributed by atoms with Crippen molar-refractivity contribution in [2.75, 3.05) is 0 Å². The maximum absolute atomic E-state index is 13.8. The topological polar surface area (TPSA) is 38.0 Å². The van der Waals surface area contributed by atoms with Crippen molar-refractivity contribution in [3.8, 4) is 0 Å². The molecule has 4 heteroatoms. The van der Waals surface area contributed by atoms with Crippen LogP contribution in [-0.2, 0) is 0 Å². The summed E-state index contributed by atoms with van der Waals surface area (Å²) in [6.45, 7) is 4.28. The van der Waals surface area contributed by atoms with E-state index >= 15 is 0 Å². The first-order chi connectivity index (χ1) is 8.12. The number of nitrogens with one attached hydrogen (secondary N) is 1. The van der Waals surface area contributed by atoms with Crippen LogP contribution in [0, 0.1) is 11.7 Å². The van der Waals surface area contributed by atoms with Crippen LogP contribution in [0.2, 0.25) is 5.02 Å². The summed E-state index contributed by atoms with van der Waals surface area (Å²) in [5.41, 5.74) is 3.28. The van der Waals surface area contributed by atoms with E-state index in [1.54, 1.807) is 12.1 Å². The molecule has 0 aliphatic rings. The van der Waals surface area contributed by atoms with E-state index in [9.17, 15) is 4.39 Å². The van der Waals surface area contributed by atoms with Gasteiger partial charge in [-0.3, -0.25) is 11.3 Å². The Morgan fingerprint density at radius 2 is 2.00 bits per heavy atom. The van der Waals surface area contributed by atoms with Crippen LogP contribution in [0.1, 0.15) is 44.7 Å². The normalized spacial score (nSPS) is 13.1. The Balaban J connectivity index is 2.85. The summed E-state index contributed by atoms with van der Waals surface area (Å²) in [5.74, 6) is 5.77. The molecule has 0 radical (unpaired) electrons. The van der Waals surface area contributed by atoms with Crippen LogP contribution in [-0.4, -0.2) is 0 Å². The molecule has 0 amide bonds. The van der Waals surface area contributed by atoms with Gasteiger partial charge in [-0.15, -0.1) is 0 Å². The quantitative estimate of drug-likeness (QED) is 0.602. The Kier molecular flexibility index (Phi) is 5.89. The van der Waals surface area contributed by atoms with Crippen molar-refractivity contribution in [3.63, 3.8) is 0 Å². The van der Waals surface area contributed by atoms with E-state index in [1.165, 1.54) is 6.07 Å². The van der Waals surface area contributed by atoms with Crippen LogP contribution < -0.4 is 11.3 Å². The number of rotatable bonds is 6. The van der Waals surface area contributed by atoms with E-state index < -0.39 is 0 Å². The number of nitrogens with two attached hydrogens (primary N) is 1. The molecule has 0 aliphatic heterocycles. The van der Waals surface area contributed by atoms with Gasteiger partial charge in [-0.1, -0.05) is 44.4 Å². The summed E-state index contributed by atoms with van der Waals surface area (Å²) in [6, 6.07) is 4.56. The van der Waals surface area contributed by atoms with Crippen LogP contribution in [0.4, 0.5) is 4.39 Å². The molecule has 1 unspecified atom stereocenters. The fraction of sp³-hybridized carbons (Fsp3) is 0.538. The molecule has 1 aromatic carbocycles. The lowest BCUT2D eigenvalue weighted by atomic mass is 9.91. The average Bonchev–Trinajstić information content (AvgIpc) is 2.32. The highest BCUT2D eigenvalue weighted by atomic mass is 35.5. The van der Waals surface area contributed by atoms with Crippen molar-refractivity contribution in [1.82, 2.24) is 5.43 Å². The average molecular weight is 259 g/mol. The minimum Gasteiger partial charge on any atom is -0.271 e. The van der Waals surface area contributed by atoms with Gasteiger partial charge in [0.15, 0.2) is 0 Å². The van der Waals surface area contributed by atoms with Gasteiger partial charge in [-0.2, -0.15) is 0 Å². The first-order valence-electron chi connectivity index (χ1n) is 6.03. The molecular formula is C13H20ClFN2. The molecule has 0 bridgehead atoms. The van der Waals surface area contributed by atoms with E-state index in [1.807, 2.05) is 0 Å². The SMILES string of the molecule is CCC(CC)CC(NN)c1ccc(Cl)cc1F. The largest absolute Gasteiger partial charge is 0.271 e. The Hall–Kier alpha value is -0.640. The van der Waals surface area contributed by atoms with Gasteiger partial charge in [-0.25, -0.2) is 4.39 Å². The zero-order valence-electron chi connectivity index (χ0n) is 10.3. The van der Waals surface area contributed by atoms with Gasteiger partial charge in [0.05, 0.1) is 0 Å². The number of hydrogen-bond donors (Lipinski definition) is 2. The van der Waals surface area contributed by atoms with E-state index in [-0.39, 0.29) is 11.9 Å². The van der Waals surface area contributed by atoms with E-state index in [4.69, 9.17) is 17.4 Å². The fourth-order valence-electron chi connectivity index (χ4n) is 2.02. The zero-order chi connectivity index (χ0) is 12.8. The molecule has 17 heavy (non-hydrogen) atoms. The van der Waals surface area contributed by atoms with Crippen molar-refractivity contribution in [3.05, 3.63) is 34.6 Å². The maximum atomic E-state index is 13.8. The molecule has 0 aliphatic carbocycles. The van der Waals surface area contributed by atoms with Gasteiger partial charge in [0.25, 0.3) is 0 Å². The number of halogens is 2. The standard InChI is InChI=1S/C13H20ClFN2/c1-3-9(4-2)7-13(17-16)11-6-5-10(14)8-12(11)15/h5-6,8-9,13,17H,3-4,7,16H2,1-2H3. The van der Waals surface area contributed by atoms with Crippen molar-refractivity contribution in [2.45, 2.75) is 39.2 Å². The lowest BCUT2D eigenvalue weighted by Crippen LogP contribution is -2.30. The van der Waals surface area contributed by atoms with Crippen LogP contribution in [0.25, 0.3) is 0 Å². The second-order valence-corrected chi connectivity index (χ2v) is 4.74. The van der Waals surface area contributed by atoms with Gasteiger partial charge in [0.2, 0.25) is 0 Å². The third kappa shape index (κ3) is 3.95. The molecular weight excluding hydrogens is 239 g/mol. The van der Waals surface area contributed by atoms with Crippen LogP contribution >= 0.6 is 11.6 Å². The summed E-state index contributed by atoms with van der Waals surface area (Å²) < 4.78 is 13.8. The summed E-state index contributed by atoms with van der Waals surface area (Å²) in [7, 11) is 0. The second-order valence-electron chi connectivity index (χ2n) is 4.30. The predicted octanol–water partition coefficient (Wildman–Crippen LogP) is 3.81. The lowest BCUT2D eigenvalue weighted by Gasteiger charge is -2.22. The second kappa shape index (κ2) is 6.94. The molecule has 3 N–H and O–H groups in total. The maximum Gasteiger partial charge on any atom is 0.129 e. The monoisotopic (exact) mass is 258 g/mol. The number of hydrazine groups is 1. The molecule has 2 nitrogen and oxygen atoms in total. The molecule has 0 saturated carbocycles. The molecule has 0 spiro atoms. The molecule has 1 atom stereocenters. The summed E-state index contributed by atoms with van der Waals surface area (Å²) in [6.07, 6.45) is 2.98. The molecule has 96 valence electrons. The van der Waals surface area contributed by atoms with Gasteiger partial charge in [-0.05, 0) is 24.5 Å². The third-order valence-corrected chi connectivity index (χ3v) is 3.50. The number of benzene rings is 1. The van der Waals surface area contributed by atoms with Gasteiger partial charge < -0.3 is 0 Å². The highest BCUT2D eigenvalue weighted by Crippen LogP contribution is 2.27. The summed E-state index contributed by atoms with van der Waals surface area (Å²) in [4.78, 5) is 0. The van der Waals surface area contributed by atoms with Crippen molar-refractivity contribution >= 4 is 11.6 Å². The minimum absolute atomic E-state index is 0.155. The van der Waals surface area contributed by atoms with Gasteiger partial charge in [0, 0.05) is 16.6 Å². The lowest BCUT2D eigenvalue weighted by molar-refractivity contribution is 0.367. The van der Waals surface area contributed by atoms with E-state index in [0.29, 0.717) is 16.5 Å². The Morgan fingerprint density at radius 1 is 1.35 bits per heavy atom. The molecule has 0 fully saturated rings. The Morgan fingerprint density at radius 3 is 2.47 bits per heavy atom. The minimum atomic E-state index is -0.300. The molecule has 0 saturated heterocycles. The van der Waals surface area contributed by atoms with Gasteiger partial charge in [0.1, 0.15) is 5.82 Å². The van der Waals surface area contributed by atoms with Crippen LogP contribution in [0.5, 0.6) is 0 Å². The predicted molar refractivity (Wildman–Crippen MR) is 70.2 cm³/mol. The highest BCUT2D eigenvalue weighted by molar-refractivity contribution is 6.30. The van der Waals surface area contributed by atoms with E-state index in [2.05, 4.69) is 19.3 Å². The Bertz CT molecular complexity index is 353. The van der Waals surface area contributed by atoms with Crippen LogP contribution in [0.15, 0.2) is 18.2 Å². The van der Waals surface area contributed by atoms with Crippen molar-refractivity contribution in [1.29, 1.82) is 0 Å². The molecule has 0 heterocycles. The van der Waals surface area contributed by atoms with Crippen molar-refractivity contribution in [2.24, 2.45) is 11.8 Å². The highest BCUT2D eigenvalue weighted by Gasteiger charge is 2.18. The Labute approximate surface area is 107 Å². The summed E-state index contributed by atoms with van der Waals surface area (Å²) in [5, 5.41) is 0.407. The number of hydrogen-bond acceptors (Lipinski definition) is 2.